The molecule has 1 heterocycles. The molecule has 2 nitrogen and oxygen atoms in total. The molecule has 1 saturated heterocycles. The van der Waals surface area contributed by atoms with Crippen LogP contribution < -0.4 is 0 Å². The Labute approximate surface area is 147 Å². The Kier molecular flexibility index (Phi) is 6.01. The molecule has 1 aliphatic heterocycles. The molecule has 23 heavy (non-hydrogen) atoms. The number of aliphatic hydroxyl groups excluding tert-OH is 1. The lowest BCUT2D eigenvalue weighted by atomic mass is 9.92. The first-order valence-corrected chi connectivity index (χ1v) is 9.77. The van der Waals surface area contributed by atoms with Crippen molar-refractivity contribution >= 4 is 21.7 Å². The molecule has 0 spiro atoms. The van der Waals surface area contributed by atoms with Crippen LogP contribution >= 0.6 is 21.7 Å². The topological polar surface area (TPSA) is 23.5 Å². The van der Waals surface area contributed by atoms with Crippen molar-refractivity contribution in [3.63, 3.8) is 0 Å². The van der Waals surface area contributed by atoms with E-state index in [1.54, 1.807) is 0 Å². The molecular formula is C19H22ClNOS. The first-order chi connectivity index (χ1) is 11.3. The molecule has 2 aromatic rings. The molecular weight excluding hydrogens is 326 g/mol. The van der Waals surface area contributed by atoms with E-state index in [2.05, 4.69) is 41.3 Å². The zero-order valence-corrected chi connectivity index (χ0v) is 14.6. The average Bonchev–Trinajstić information content (AvgIpc) is 2.78. The van der Waals surface area contributed by atoms with E-state index in [1.165, 1.54) is 22.1 Å². The highest BCUT2D eigenvalue weighted by molar-refractivity contribution is 8.21. The average molecular weight is 348 g/mol. The fourth-order valence-corrected chi connectivity index (χ4v) is 3.86. The Hall–Kier alpha value is -1.00. The highest BCUT2D eigenvalue weighted by Gasteiger charge is 2.29. The number of nitrogens with zero attached hydrogens (tertiary/aromatic N) is 1. The quantitative estimate of drug-likeness (QED) is 0.839. The van der Waals surface area contributed by atoms with E-state index in [-0.39, 0.29) is 5.92 Å². The second-order valence-corrected chi connectivity index (χ2v) is 7.21. The van der Waals surface area contributed by atoms with Gasteiger partial charge in [0, 0.05) is 23.9 Å². The van der Waals surface area contributed by atoms with Crippen LogP contribution in [0.5, 0.6) is 0 Å². The number of rotatable bonds is 4. The number of benzene rings is 2. The Morgan fingerprint density at radius 3 is 2.48 bits per heavy atom. The van der Waals surface area contributed by atoms with Crippen molar-refractivity contribution in [2.45, 2.75) is 42.8 Å². The smallest absolute Gasteiger partial charge is 0.114 e. The van der Waals surface area contributed by atoms with E-state index in [0.29, 0.717) is 0 Å². The van der Waals surface area contributed by atoms with Crippen LogP contribution in [0.2, 0.25) is 0 Å². The summed E-state index contributed by atoms with van der Waals surface area (Å²) in [6.45, 7) is 1.75. The molecule has 3 rings (SSSR count). The van der Waals surface area contributed by atoms with Crippen LogP contribution in [0.1, 0.15) is 36.3 Å². The summed E-state index contributed by atoms with van der Waals surface area (Å²) in [6.07, 6.45) is 2.88. The van der Waals surface area contributed by atoms with Crippen molar-refractivity contribution in [2.24, 2.45) is 0 Å². The molecule has 1 fully saturated rings. The fraction of sp³-hybridized carbons (Fsp3) is 0.368. The summed E-state index contributed by atoms with van der Waals surface area (Å²) < 4.78 is 0. The summed E-state index contributed by atoms with van der Waals surface area (Å²) in [5.41, 5.74) is 2.45. The molecule has 2 unspecified atom stereocenters. The predicted molar refractivity (Wildman–Crippen MR) is 97.6 cm³/mol. The van der Waals surface area contributed by atoms with Gasteiger partial charge in [0.25, 0.3) is 0 Å². The highest BCUT2D eigenvalue weighted by Crippen LogP contribution is 2.33. The normalized spacial score (nSPS) is 22.7. The Morgan fingerprint density at radius 1 is 1.04 bits per heavy atom. The van der Waals surface area contributed by atoms with E-state index >= 15 is 0 Å². The summed E-state index contributed by atoms with van der Waals surface area (Å²) in [6, 6.07) is 18.7. The SMILES string of the molecule is OC1C(c2ccc(SCl)cc2)CCCCN1Cc1ccccc1. The molecule has 0 aromatic heterocycles. The van der Waals surface area contributed by atoms with E-state index in [4.69, 9.17) is 10.7 Å². The van der Waals surface area contributed by atoms with Crippen LogP contribution in [0.4, 0.5) is 0 Å². The Bertz CT molecular complexity index is 605. The molecule has 0 radical (unpaired) electrons. The standard InChI is InChI=1S/C19H22ClNOS/c20-23-17-11-9-16(10-12-17)18-8-4-5-13-21(19(18)22)14-15-6-2-1-3-7-15/h1-3,6-7,9-12,18-19,22H,4-5,8,13-14H2. The first-order valence-electron chi connectivity index (χ1n) is 8.12. The Morgan fingerprint density at radius 2 is 1.78 bits per heavy atom. The fourth-order valence-electron chi connectivity index (χ4n) is 3.31. The van der Waals surface area contributed by atoms with Crippen LogP contribution in [-0.2, 0) is 6.54 Å². The third-order valence-electron chi connectivity index (χ3n) is 4.57. The van der Waals surface area contributed by atoms with Crippen LogP contribution in [0.15, 0.2) is 59.5 Å². The zero-order valence-electron chi connectivity index (χ0n) is 13.1. The van der Waals surface area contributed by atoms with Gasteiger partial charge in [-0.05, 0) is 57.8 Å². The van der Waals surface area contributed by atoms with Gasteiger partial charge in [0.2, 0.25) is 0 Å². The van der Waals surface area contributed by atoms with Crippen molar-refractivity contribution in [1.29, 1.82) is 0 Å². The molecule has 0 saturated carbocycles. The highest BCUT2D eigenvalue weighted by atomic mass is 35.7. The van der Waals surface area contributed by atoms with Crippen LogP contribution in [0.25, 0.3) is 0 Å². The van der Waals surface area contributed by atoms with E-state index in [1.807, 2.05) is 18.2 Å². The summed E-state index contributed by atoms with van der Waals surface area (Å²) in [4.78, 5) is 3.25. The van der Waals surface area contributed by atoms with Gasteiger partial charge >= 0.3 is 0 Å². The van der Waals surface area contributed by atoms with Gasteiger partial charge in [-0.25, -0.2) is 0 Å². The summed E-state index contributed by atoms with van der Waals surface area (Å²) >= 11 is 0. The molecule has 2 atom stereocenters. The maximum atomic E-state index is 10.9. The molecule has 1 N–H and O–H groups in total. The summed E-state index contributed by atoms with van der Waals surface area (Å²) in [5.74, 6) is 0.163. The van der Waals surface area contributed by atoms with Gasteiger partial charge in [-0.3, -0.25) is 4.90 Å². The number of hydrogen-bond acceptors (Lipinski definition) is 3. The van der Waals surface area contributed by atoms with Gasteiger partial charge in [-0.1, -0.05) is 48.9 Å². The van der Waals surface area contributed by atoms with Crippen molar-refractivity contribution in [1.82, 2.24) is 4.90 Å². The van der Waals surface area contributed by atoms with E-state index < -0.39 is 6.23 Å². The number of aliphatic hydroxyl groups is 1. The second-order valence-electron chi connectivity index (χ2n) is 6.12. The van der Waals surface area contributed by atoms with Gasteiger partial charge in [0.05, 0.1) is 0 Å². The van der Waals surface area contributed by atoms with Crippen LogP contribution in [-0.4, -0.2) is 22.8 Å². The second kappa shape index (κ2) is 8.20. The number of halogens is 1. The summed E-state index contributed by atoms with van der Waals surface area (Å²) in [5, 5.41) is 10.9. The lowest BCUT2D eigenvalue weighted by Gasteiger charge is -2.31. The molecule has 0 aliphatic carbocycles. The third kappa shape index (κ3) is 4.30. The maximum absolute atomic E-state index is 10.9. The van der Waals surface area contributed by atoms with Crippen molar-refractivity contribution in [3.8, 4) is 0 Å². The first kappa shape index (κ1) is 16.8. The van der Waals surface area contributed by atoms with Gasteiger partial charge < -0.3 is 5.11 Å². The van der Waals surface area contributed by atoms with E-state index in [0.717, 1.165) is 37.2 Å². The monoisotopic (exact) mass is 347 g/mol. The Balaban J connectivity index is 1.77. The molecule has 122 valence electrons. The lowest BCUT2D eigenvalue weighted by Crippen LogP contribution is -2.38. The predicted octanol–water partition coefficient (Wildman–Crippen LogP) is 5.02. The van der Waals surface area contributed by atoms with Gasteiger partial charge in [0.15, 0.2) is 0 Å². The third-order valence-corrected chi connectivity index (χ3v) is 5.56. The van der Waals surface area contributed by atoms with Gasteiger partial charge in [0.1, 0.15) is 6.23 Å². The number of likely N-dealkylation sites (tertiary alicyclic amines) is 1. The minimum atomic E-state index is -0.438. The molecule has 4 heteroatoms. The zero-order chi connectivity index (χ0) is 16.1. The molecule has 1 aliphatic rings. The van der Waals surface area contributed by atoms with Crippen molar-refractivity contribution in [2.75, 3.05) is 6.54 Å². The largest absolute Gasteiger partial charge is 0.378 e. The van der Waals surface area contributed by atoms with Gasteiger partial charge in [-0.15, -0.1) is 0 Å². The van der Waals surface area contributed by atoms with Crippen molar-refractivity contribution < 1.29 is 5.11 Å². The van der Waals surface area contributed by atoms with Crippen molar-refractivity contribution in [3.05, 3.63) is 65.7 Å². The molecule has 0 amide bonds. The minimum absolute atomic E-state index is 0.163. The lowest BCUT2D eigenvalue weighted by molar-refractivity contribution is -0.0156. The number of hydrogen-bond donors (Lipinski definition) is 1. The molecule has 2 aromatic carbocycles. The molecule has 0 bridgehead atoms. The van der Waals surface area contributed by atoms with E-state index in [9.17, 15) is 5.11 Å². The van der Waals surface area contributed by atoms with Crippen LogP contribution in [0, 0.1) is 0 Å². The summed E-state index contributed by atoms with van der Waals surface area (Å²) in [7, 11) is 7.02. The van der Waals surface area contributed by atoms with Crippen LogP contribution in [0.3, 0.4) is 0 Å². The van der Waals surface area contributed by atoms with Gasteiger partial charge in [-0.2, -0.15) is 0 Å². The maximum Gasteiger partial charge on any atom is 0.114 e. The minimum Gasteiger partial charge on any atom is -0.378 e.